The van der Waals surface area contributed by atoms with Gasteiger partial charge < -0.3 is 14.1 Å². The molecule has 3 aromatic heterocycles. The number of amides is 1. The van der Waals surface area contributed by atoms with Crippen LogP contribution in [0.25, 0.3) is 11.5 Å². The predicted molar refractivity (Wildman–Crippen MR) is 92.6 cm³/mol. The Kier molecular flexibility index (Phi) is 4.39. The van der Waals surface area contributed by atoms with E-state index in [2.05, 4.69) is 20.2 Å². The van der Waals surface area contributed by atoms with Crippen LogP contribution in [-0.2, 0) is 0 Å². The van der Waals surface area contributed by atoms with Crippen LogP contribution < -0.4 is 4.74 Å². The Balaban J connectivity index is 1.35. The second-order valence-electron chi connectivity index (χ2n) is 6.20. The SMILES string of the molecule is Cc1nccc(OC2CCN(C(=O)c3cc(-c4ccco4)[nH]n3)CC2)n1. The molecule has 0 bridgehead atoms. The van der Waals surface area contributed by atoms with Gasteiger partial charge in [0.15, 0.2) is 11.5 Å². The molecule has 8 heteroatoms. The van der Waals surface area contributed by atoms with Gasteiger partial charge in [-0.05, 0) is 19.1 Å². The molecule has 0 aromatic carbocycles. The predicted octanol–water partition coefficient (Wildman–Crippen LogP) is 2.45. The zero-order chi connectivity index (χ0) is 17.9. The minimum atomic E-state index is -0.0876. The fraction of sp³-hybridized carbons (Fsp3) is 0.333. The highest BCUT2D eigenvalue weighted by Crippen LogP contribution is 2.21. The highest BCUT2D eigenvalue weighted by Gasteiger charge is 2.26. The molecule has 0 atom stereocenters. The van der Waals surface area contributed by atoms with Gasteiger partial charge in [0.2, 0.25) is 5.88 Å². The van der Waals surface area contributed by atoms with Gasteiger partial charge in [0.1, 0.15) is 17.6 Å². The van der Waals surface area contributed by atoms with Crippen molar-refractivity contribution in [2.75, 3.05) is 13.1 Å². The molecule has 0 radical (unpaired) electrons. The molecule has 1 aliphatic rings. The first kappa shape index (κ1) is 16.3. The van der Waals surface area contributed by atoms with Crippen LogP contribution in [0.3, 0.4) is 0 Å². The van der Waals surface area contributed by atoms with Crippen LogP contribution in [0, 0.1) is 6.92 Å². The standard InChI is InChI=1S/C18H19N5O3/c1-12-19-7-4-17(20-12)26-13-5-8-23(9-6-13)18(24)15-11-14(21-22-15)16-3-2-10-25-16/h2-4,7,10-11,13H,5-6,8-9H2,1H3,(H,21,22). The average Bonchev–Trinajstić information content (AvgIpc) is 3.33. The number of carbonyl (C=O) groups excluding carboxylic acids is 1. The van der Waals surface area contributed by atoms with Crippen molar-refractivity contribution < 1.29 is 13.9 Å². The highest BCUT2D eigenvalue weighted by molar-refractivity contribution is 5.93. The quantitative estimate of drug-likeness (QED) is 0.774. The number of H-pyrrole nitrogens is 1. The van der Waals surface area contributed by atoms with Crippen LogP contribution in [0.4, 0.5) is 0 Å². The number of rotatable bonds is 4. The zero-order valence-corrected chi connectivity index (χ0v) is 14.4. The highest BCUT2D eigenvalue weighted by atomic mass is 16.5. The second-order valence-corrected chi connectivity index (χ2v) is 6.20. The van der Waals surface area contributed by atoms with Gasteiger partial charge in [-0.2, -0.15) is 10.1 Å². The van der Waals surface area contributed by atoms with Crippen LogP contribution in [0.5, 0.6) is 5.88 Å². The summed E-state index contributed by atoms with van der Waals surface area (Å²) in [4.78, 5) is 22.8. The van der Waals surface area contributed by atoms with Gasteiger partial charge in [-0.3, -0.25) is 9.89 Å². The molecule has 1 N–H and O–H groups in total. The largest absolute Gasteiger partial charge is 0.474 e. The van der Waals surface area contributed by atoms with Crippen molar-refractivity contribution in [1.29, 1.82) is 0 Å². The van der Waals surface area contributed by atoms with E-state index in [9.17, 15) is 4.79 Å². The van der Waals surface area contributed by atoms with E-state index in [0.29, 0.717) is 41.9 Å². The summed E-state index contributed by atoms with van der Waals surface area (Å²) in [5.41, 5.74) is 1.08. The number of hydrogen-bond acceptors (Lipinski definition) is 6. The van der Waals surface area contributed by atoms with Gasteiger partial charge in [0.25, 0.3) is 5.91 Å². The fourth-order valence-electron chi connectivity index (χ4n) is 3.00. The van der Waals surface area contributed by atoms with E-state index in [1.807, 2.05) is 13.0 Å². The van der Waals surface area contributed by atoms with Crippen LogP contribution in [0.1, 0.15) is 29.2 Å². The number of aryl methyl sites for hydroxylation is 1. The number of aromatic amines is 1. The number of likely N-dealkylation sites (tertiary alicyclic amines) is 1. The molecule has 1 amide bonds. The average molecular weight is 353 g/mol. The summed E-state index contributed by atoms with van der Waals surface area (Å²) in [5.74, 6) is 1.83. The van der Waals surface area contributed by atoms with Crippen LogP contribution in [-0.4, -0.2) is 50.2 Å². The first-order valence-electron chi connectivity index (χ1n) is 8.54. The van der Waals surface area contributed by atoms with Crippen molar-refractivity contribution in [2.24, 2.45) is 0 Å². The van der Waals surface area contributed by atoms with Gasteiger partial charge in [-0.15, -0.1) is 0 Å². The minimum Gasteiger partial charge on any atom is -0.474 e. The molecule has 0 aliphatic carbocycles. The molecule has 0 spiro atoms. The molecule has 0 saturated carbocycles. The Hall–Kier alpha value is -3.16. The molecule has 26 heavy (non-hydrogen) atoms. The van der Waals surface area contributed by atoms with Crippen LogP contribution >= 0.6 is 0 Å². The van der Waals surface area contributed by atoms with E-state index in [1.54, 1.807) is 35.6 Å². The summed E-state index contributed by atoms with van der Waals surface area (Å²) in [5, 5.41) is 6.96. The van der Waals surface area contributed by atoms with Gasteiger partial charge in [0, 0.05) is 44.3 Å². The minimum absolute atomic E-state index is 0.0474. The lowest BCUT2D eigenvalue weighted by atomic mass is 10.1. The van der Waals surface area contributed by atoms with Crippen molar-refractivity contribution in [3.63, 3.8) is 0 Å². The van der Waals surface area contributed by atoms with E-state index < -0.39 is 0 Å². The first-order chi connectivity index (χ1) is 12.7. The molecular weight excluding hydrogens is 334 g/mol. The van der Waals surface area contributed by atoms with E-state index in [0.717, 1.165) is 12.8 Å². The third-order valence-electron chi connectivity index (χ3n) is 4.35. The molecule has 1 fully saturated rings. The molecule has 4 heterocycles. The summed E-state index contributed by atoms with van der Waals surface area (Å²) in [6.45, 7) is 3.07. The fourth-order valence-corrected chi connectivity index (χ4v) is 3.00. The number of piperidine rings is 1. The van der Waals surface area contributed by atoms with Gasteiger partial charge in [0.05, 0.1) is 6.26 Å². The number of aromatic nitrogens is 4. The first-order valence-corrected chi connectivity index (χ1v) is 8.54. The second kappa shape index (κ2) is 6.99. The van der Waals surface area contributed by atoms with Crippen molar-refractivity contribution in [1.82, 2.24) is 25.1 Å². The number of nitrogens with one attached hydrogen (secondary N) is 1. The Bertz CT molecular complexity index is 882. The third-order valence-corrected chi connectivity index (χ3v) is 4.35. The molecule has 8 nitrogen and oxygen atoms in total. The molecule has 3 aromatic rings. The van der Waals surface area contributed by atoms with E-state index in [1.165, 1.54) is 0 Å². The lowest BCUT2D eigenvalue weighted by Gasteiger charge is -2.31. The number of ether oxygens (including phenoxy) is 1. The van der Waals surface area contributed by atoms with E-state index in [4.69, 9.17) is 9.15 Å². The summed E-state index contributed by atoms with van der Waals surface area (Å²) in [7, 11) is 0. The van der Waals surface area contributed by atoms with Crippen molar-refractivity contribution in [3.05, 3.63) is 48.2 Å². The Morgan fingerprint density at radius 2 is 2.19 bits per heavy atom. The molecule has 1 aliphatic heterocycles. The Morgan fingerprint density at radius 3 is 2.92 bits per heavy atom. The zero-order valence-electron chi connectivity index (χ0n) is 14.4. The summed E-state index contributed by atoms with van der Waals surface area (Å²) in [6.07, 6.45) is 4.83. The molecule has 0 unspecified atom stereocenters. The van der Waals surface area contributed by atoms with Crippen LogP contribution in [0.2, 0.25) is 0 Å². The summed E-state index contributed by atoms with van der Waals surface area (Å²) >= 11 is 0. The maximum absolute atomic E-state index is 12.6. The number of furan rings is 1. The lowest BCUT2D eigenvalue weighted by Crippen LogP contribution is -2.42. The third kappa shape index (κ3) is 3.44. The topological polar surface area (TPSA) is 97.1 Å². The number of nitrogens with zero attached hydrogens (tertiary/aromatic N) is 4. The van der Waals surface area contributed by atoms with Crippen molar-refractivity contribution in [3.8, 4) is 17.3 Å². The van der Waals surface area contributed by atoms with Gasteiger partial charge in [-0.1, -0.05) is 0 Å². The maximum atomic E-state index is 12.6. The normalized spacial score (nSPS) is 15.2. The van der Waals surface area contributed by atoms with Gasteiger partial charge in [-0.25, -0.2) is 4.98 Å². The van der Waals surface area contributed by atoms with Gasteiger partial charge >= 0.3 is 0 Å². The molecule has 1 saturated heterocycles. The molecule has 134 valence electrons. The summed E-state index contributed by atoms with van der Waals surface area (Å²) < 4.78 is 11.2. The maximum Gasteiger partial charge on any atom is 0.274 e. The lowest BCUT2D eigenvalue weighted by molar-refractivity contribution is 0.0582. The monoisotopic (exact) mass is 353 g/mol. The van der Waals surface area contributed by atoms with Crippen LogP contribution in [0.15, 0.2) is 41.1 Å². The summed E-state index contributed by atoms with van der Waals surface area (Å²) in [6, 6.07) is 7.08. The Morgan fingerprint density at radius 1 is 1.35 bits per heavy atom. The van der Waals surface area contributed by atoms with E-state index >= 15 is 0 Å². The van der Waals surface area contributed by atoms with Crippen molar-refractivity contribution in [2.45, 2.75) is 25.9 Å². The number of hydrogen-bond donors (Lipinski definition) is 1. The number of carbonyl (C=O) groups is 1. The smallest absolute Gasteiger partial charge is 0.274 e. The molecule has 4 rings (SSSR count). The molecular formula is C18H19N5O3. The Labute approximate surface area is 150 Å². The van der Waals surface area contributed by atoms with E-state index in [-0.39, 0.29) is 12.0 Å². The van der Waals surface area contributed by atoms with Crippen molar-refractivity contribution >= 4 is 5.91 Å².